The van der Waals surface area contributed by atoms with Crippen LogP contribution in [0, 0.1) is 0 Å². The molecule has 0 aromatic heterocycles. The summed E-state index contributed by atoms with van der Waals surface area (Å²) in [6.45, 7) is 4.42. The fraction of sp³-hybridized carbons (Fsp3) is 0.417. The molecule has 34 heavy (non-hydrogen) atoms. The molecule has 0 fully saturated rings. The Morgan fingerprint density at radius 3 is 1.18 bits per heavy atom. The van der Waals surface area contributed by atoms with Gasteiger partial charge in [-0.3, -0.25) is 8.37 Å². The number of benzene rings is 2. The van der Waals surface area contributed by atoms with Gasteiger partial charge in [0.25, 0.3) is 20.2 Å². The van der Waals surface area contributed by atoms with E-state index < -0.39 is 20.2 Å². The first kappa shape index (κ1) is 27.8. The maximum atomic E-state index is 11.0. The van der Waals surface area contributed by atoms with Crippen LogP contribution in [0.3, 0.4) is 0 Å². The summed E-state index contributed by atoms with van der Waals surface area (Å²) in [5.74, 6) is 1.27. The average Bonchev–Trinajstić information content (AvgIpc) is 2.78. The van der Waals surface area contributed by atoms with Gasteiger partial charge in [-0.25, -0.2) is 0 Å². The van der Waals surface area contributed by atoms with Crippen molar-refractivity contribution < 1.29 is 34.7 Å². The van der Waals surface area contributed by atoms with Gasteiger partial charge in [-0.2, -0.15) is 16.8 Å². The normalized spacial score (nSPS) is 12.8. The Morgan fingerprint density at radius 2 is 0.912 bits per heavy atom. The molecule has 0 bridgehead atoms. The molecule has 0 amide bonds. The third-order valence-corrected chi connectivity index (χ3v) is 5.97. The molecule has 0 unspecified atom stereocenters. The lowest BCUT2D eigenvalue weighted by atomic mass is 9.91. The third-order valence-electron chi connectivity index (χ3n) is 4.78. The Labute approximate surface area is 202 Å². The monoisotopic (exact) mass is 512 g/mol. The van der Waals surface area contributed by atoms with Crippen molar-refractivity contribution >= 4 is 31.4 Å². The molecule has 0 saturated carbocycles. The van der Waals surface area contributed by atoms with Crippen molar-refractivity contribution in [2.45, 2.75) is 26.7 Å². The Kier molecular flexibility index (Phi) is 10.6. The zero-order chi connectivity index (χ0) is 25.2. The van der Waals surface area contributed by atoms with E-state index in [-0.39, 0.29) is 26.4 Å². The zero-order valence-electron chi connectivity index (χ0n) is 19.9. The van der Waals surface area contributed by atoms with Gasteiger partial charge in [0.1, 0.15) is 37.9 Å². The molecule has 2 aromatic carbocycles. The van der Waals surface area contributed by atoms with E-state index in [9.17, 15) is 16.8 Å². The predicted molar refractivity (Wildman–Crippen MR) is 133 cm³/mol. The molecule has 0 aliphatic heterocycles. The summed E-state index contributed by atoms with van der Waals surface area (Å²) < 4.78 is 64.5. The van der Waals surface area contributed by atoms with Crippen LogP contribution in [-0.2, 0) is 28.6 Å². The molecule has 0 spiro atoms. The molecule has 10 heteroatoms. The van der Waals surface area contributed by atoms with Crippen LogP contribution in [0.5, 0.6) is 11.5 Å². The topological polar surface area (TPSA) is 105 Å². The fourth-order valence-electron chi connectivity index (χ4n) is 3.38. The second-order valence-electron chi connectivity index (χ2n) is 7.46. The minimum atomic E-state index is -3.47. The largest absolute Gasteiger partial charge is 0.491 e. The molecule has 0 aliphatic carbocycles. The lowest BCUT2D eigenvalue weighted by Crippen LogP contribution is -2.11. The molecule has 0 atom stereocenters. The Morgan fingerprint density at radius 1 is 0.588 bits per heavy atom. The summed E-state index contributed by atoms with van der Waals surface area (Å²) in [4.78, 5) is 0. The van der Waals surface area contributed by atoms with E-state index in [4.69, 9.17) is 9.47 Å². The van der Waals surface area contributed by atoms with Gasteiger partial charge in [-0.15, -0.1) is 0 Å². The highest BCUT2D eigenvalue weighted by atomic mass is 32.2. The van der Waals surface area contributed by atoms with Crippen LogP contribution in [-0.4, -0.2) is 55.8 Å². The second-order valence-corrected chi connectivity index (χ2v) is 10.7. The van der Waals surface area contributed by atoms with Gasteiger partial charge in [0.2, 0.25) is 0 Å². The van der Waals surface area contributed by atoms with Crippen LogP contribution in [0.1, 0.15) is 37.8 Å². The molecule has 0 aliphatic rings. The van der Waals surface area contributed by atoms with Crippen molar-refractivity contribution in [2.75, 3.05) is 38.9 Å². The van der Waals surface area contributed by atoms with Crippen LogP contribution >= 0.6 is 0 Å². The number of ether oxygens (including phenoxy) is 2. The fourth-order valence-corrected chi connectivity index (χ4v) is 4.12. The summed E-state index contributed by atoms with van der Waals surface area (Å²) in [7, 11) is -6.95. The smallest absolute Gasteiger partial charge is 0.264 e. The van der Waals surface area contributed by atoms with Gasteiger partial charge < -0.3 is 9.47 Å². The minimum absolute atomic E-state index is 0.0366. The van der Waals surface area contributed by atoms with Gasteiger partial charge in [0.15, 0.2) is 0 Å². The lowest BCUT2D eigenvalue weighted by molar-refractivity contribution is 0.222. The Bertz CT molecular complexity index is 1060. The van der Waals surface area contributed by atoms with Gasteiger partial charge in [0.05, 0.1) is 12.5 Å². The molecular formula is C24H32O8S2. The first-order valence-corrected chi connectivity index (χ1v) is 14.5. The quantitative estimate of drug-likeness (QED) is 0.211. The van der Waals surface area contributed by atoms with Crippen LogP contribution in [0.2, 0.25) is 0 Å². The van der Waals surface area contributed by atoms with E-state index in [1.54, 1.807) is 0 Å². The van der Waals surface area contributed by atoms with Crippen molar-refractivity contribution in [3.63, 3.8) is 0 Å². The van der Waals surface area contributed by atoms with E-state index in [2.05, 4.69) is 22.2 Å². The van der Waals surface area contributed by atoms with Gasteiger partial charge in [-0.05, 0) is 59.4 Å². The van der Waals surface area contributed by atoms with Crippen molar-refractivity contribution in [1.29, 1.82) is 0 Å². The van der Waals surface area contributed by atoms with Crippen molar-refractivity contribution in [2.24, 2.45) is 0 Å². The van der Waals surface area contributed by atoms with Crippen LogP contribution in [0.25, 0.3) is 11.1 Å². The summed E-state index contributed by atoms with van der Waals surface area (Å²) in [6, 6.07) is 15.4. The van der Waals surface area contributed by atoms with Crippen molar-refractivity contribution in [1.82, 2.24) is 0 Å². The highest BCUT2D eigenvalue weighted by Crippen LogP contribution is 2.33. The summed E-state index contributed by atoms with van der Waals surface area (Å²) in [6.07, 6.45) is 3.69. The highest BCUT2D eigenvalue weighted by Gasteiger charge is 2.10. The molecule has 188 valence electrons. The average molecular weight is 513 g/mol. The first-order chi connectivity index (χ1) is 16.0. The van der Waals surface area contributed by atoms with E-state index >= 15 is 0 Å². The van der Waals surface area contributed by atoms with Gasteiger partial charge in [-0.1, -0.05) is 38.1 Å². The van der Waals surface area contributed by atoms with Gasteiger partial charge >= 0.3 is 0 Å². The molecule has 0 saturated heterocycles. The van der Waals surface area contributed by atoms with Crippen LogP contribution in [0.15, 0.2) is 48.5 Å². The molecule has 8 nitrogen and oxygen atoms in total. The number of hydrogen-bond donors (Lipinski definition) is 0. The van der Waals surface area contributed by atoms with E-state index in [1.807, 2.05) is 48.5 Å². The van der Waals surface area contributed by atoms with Crippen molar-refractivity contribution in [3.8, 4) is 11.5 Å². The highest BCUT2D eigenvalue weighted by molar-refractivity contribution is 7.86. The number of rotatable bonds is 14. The van der Waals surface area contributed by atoms with Crippen LogP contribution in [0.4, 0.5) is 0 Å². The van der Waals surface area contributed by atoms with E-state index in [0.29, 0.717) is 11.5 Å². The number of hydrogen-bond acceptors (Lipinski definition) is 8. The standard InChI is InChI=1S/C24H32O8S2/c1-5-23(19-7-11-21(12-8-19)29-15-17-31-33(3,25)26)24(6-2)20-9-13-22(14-10-20)30-16-18-32-34(4,27)28/h7-14H,5-6,15-18H2,1-4H3. The molecular weight excluding hydrogens is 480 g/mol. The third kappa shape index (κ3) is 9.84. The maximum Gasteiger partial charge on any atom is 0.264 e. The summed E-state index contributed by atoms with van der Waals surface area (Å²) in [5.41, 5.74) is 4.59. The molecule has 2 aromatic rings. The first-order valence-electron chi connectivity index (χ1n) is 10.9. The molecule has 0 heterocycles. The Balaban J connectivity index is 2.07. The molecule has 2 rings (SSSR count). The summed E-state index contributed by atoms with van der Waals surface area (Å²) >= 11 is 0. The van der Waals surface area contributed by atoms with Crippen LogP contribution < -0.4 is 9.47 Å². The molecule has 0 N–H and O–H groups in total. The lowest BCUT2D eigenvalue weighted by Gasteiger charge is -2.15. The maximum absolute atomic E-state index is 11.0. The van der Waals surface area contributed by atoms with E-state index in [0.717, 1.165) is 36.5 Å². The molecule has 0 radical (unpaired) electrons. The zero-order valence-corrected chi connectivity index (χ0v) is 21.6. The second kappa shape index (κ2) is 12.9. The SMILES string of the molecule is CCC(=C(CC)c1ccc(OCCOS(C)(=O)=O)cc1)c1ccc(OCCOS(C)(=O)=O)cc1. The Hall–Kier alpha value is -2.40. The summed E-state index contributed by atoms with van der Waals surface area (Å²) in [5, 5.41) is 0. The number of allylic oxidation sites excluding steroid dienone is 2. The van der Waals surface area contributed by atoms with Crippen molar-refractivity contribution in [3.05, 3.63) is 59.7 Å². The van der Waals surface area contributed by atoms with E-state index in [1.165, 1.54) is 11.1 Å². The van der Waals surface area contributed by atoms with Gasteiger partial charge in [0, 0.05) is 0 Å². The minimum Gasteiger partial charge on any atom is -0.491 e. The predicted octanol–water partition coefficient (Wildman–Crippen LogP) is 4.13.